The summed E-state index contributed by atoms with van der Waals surface area (Å²) < 4.78 is 4.78. The number of nitrogens with one attached hydrogen (secondary N) is 2. The van der Waals surface area contributed by atoms with E-state index in [1.54, 1.807) is 0 Å². The number of carboxylic acid groups (broad SMARTS) is 1. The zero-order valence-electron chi connectivity index (χ0n) is 11.8. The zero-order chi connectivity index (χ0) is 14.5. The molecule has 0 atom stereocenters. The van der Waals surface area contributed by atoms with Crippen molar-refractivity contribution in [3.05, 3.63) is 0 Å². The molecule has 0 fully saturated rings. The molecule has 0 unspecified atom stereocenters. The average molecular weight is 275 g/mol. The molecule has 0 saturated heterocycles. The summed E-state index contributed by atoms with van der Waals surface area (Å²) in [4.78, 5) is 23.8. The summed E-state index contributed by atoms with van der Waals surface area (Å²) in [6.07, 6.45) is 0.907. The van der Waals surface area contributed by atoms with Crippen LogP contribution in [0.4, 0.5) is 4.79 Å². The number of ether oxygens (including phenoxy) is 1. The first-order chi connectivity index (χ1) is 9.10. The fraction of sp³-hybridized carbons (Fsp3) is 0.833. The summed E-state index contributed by atoms with van der Waals surface area (Å²) >= 11 is 0. The van der Waals surface area contributed by atoms with Crippen LogP contribution in [0.2, 0.25) is 0 Å². The molecule has 0 aliphatic heterocycles. The molecule has 0 heterocycles. The van der Waals surface area contributed by atoms with E-state index in [0.29, 0.717) is 13.1 Å². The monoisotopic (exact) mass is 275 g/mol. The second-order valence-electron chi connectivity index (χ2n) is 4.01. The largest absolute Gasteiger partial charge is 0.480 e. The fourth-order valence-electron chi connectivity index (χ4n) is 1.50. The van der Waals surface area contributed by atoms with Gasteiger partial charge in [-0.1, -0.05) is 13.8 Å². The Kier molecular flexibility index (Phi) is 10.9. The van der Waals surface area contributed by atoms with E-state index in [0.717, 1.165) is 26.1 Å². The number of rotatable bonds is 11. The van der Waals surface area contributed by atoms with Crippen LogP contribution in [-0.4, -0.2) is 67.9 Å². The highest BCUT2D eigenvalue weighted by atomic mass is 16.5. The van der Waals surface area contributed by atoms with Crippen molar-refractivity contribution in [1.82, 2.24) is 15.5 Å². The molecule has 7 nitrogen and oxygen atoms in total. The molecule has 112 valence electrons. The molecule has 0 aliphatic carbocycles. The Balaban J connectivity index is 3.37. The molecule has 19 heavy (non-hydrogen) atoms. The number of carbonyl (C=O) groups excluding carboxylic acids is 1. The van der Waals surface area contributed by atoms with Gasteiger partial charge in [-0.15, -0.1) is 0 Å². The average Bonchev–Trinajstić information content (AvgIpc) is 2.38. The lowest BCUT2D eigenvalue weighted by atomic mass is 10.3. The van der Waals surface area contributed by atoms with Crippen molar-refractivity contribution in [1.29, 1.82) is 0 Å². The van der Waals surface area contributed by atoms with Gasteiger partial charge < -0.3 is 25.4 Å². The minimum atomic E-state index is -1.01. The maximum absolute atomic E-state index is 11.3. The van der Waals surface area contributed by atoms with Gasteiger partial charge in [-0.05, 0) is 26.1 Å². The van der Waals surface area contributed by atoms with Gasteiger partial charge in [0.05, 0.1) is 6.61 Å². The first-order valence-electron chi connectivity index (χ1n) is 6.63. The van der Waals surface area contributed by atoms with Crippen molar-refractivity contribution in [3.63, 3.8) is 0 Å². The lowest BCUT2D eigenvalue weighted by Gasteiger charge is -2.17. The highest BCUT2D eigenvalue weighted by Crippen LogP contribution is 1.89. The van der Waals surface area contributed by atoms with Crippen LogP contribution < -0.4 is 10.6 Å². The molecule has 0 radical (unpaired) electrons. The van der Waals surface area contributed by atoms with Gasteiger partial charge in [-0.3, -0.25) is 0 Å². The molecule has 7 heteroatoms. The normalized spacial score (nSPS) is 10.5. The van der Waals surface area contributed by atoms with Crippen LogP contribution >= 0.6 is 0 Å². The van der Waals surface area contributed by atoms with Gasteiger partial charge in [-0.2, -0.15) is 0 Å². The summed E-state index contributed by atoms with van der Waals surface area (Å²) in [7, 11) is 0. The fourth-order valence-corrected chi connectivity index (χ4v) is 1.50. The van der Waals surface area contributed by atoms with E-state index in [9.17, 15) is 9.59 Å². The van der Waals surface area contributed by atoms with E-state index in [2.05, 4.69) is 29.4 Å². The van der Waals surface area contributed by atoms with E-state index < -0.39 is 5.97 Å². The second-order valence-corrected chi connectivity index (χ2v) is 4.01. The standard InChI is InChI=1S/C12H25N3O4/c1-3-15(4-2)8-5-6-13-12(18)14-7-9-19-10-11(16)17/h3-10H2,1-2H3,(H,16,17)(H2,13,14,18). The van der Waals surface area contributed by atoms with Crippen molar-refractivity contribution in [2.75, 3.05) is 45.9 Å². The van der Waals surface area contributed by atoms with Crippen molar-refractivity contribution in [2.45, 2.75) is 20.3 Å². The first kappa shape index (κ1) is 17.7. The Labute approximate surface area is 114 Å². The minimum absolute atomic E-state index is 0.194. The third-order valence-electron chi connectivity index (χ3n) is 2.59. The molecular weight excluding hydrogens is 250 g/mol. The van der Waals surface area contributed by atoms with Crippen molar-refractivity contribution in [3.8, 4) is 0 Å². The van der Waals surface area contributed by atoms with Gasteiger partial charge in [0.1, 0.15) is 6.61 Å². The highest BCUT2D eigenvalue weighted by Gasteiger charge is 2.01. The topological polar surface area (TPSA) is 90.9 Å². The Morgan fingerprint density at radius 1 is 1.16 bits per heavy atom. The van der Waals surface area contributed by atoms with E-state index in [1.807, 2.05) is 0 Å². The van der Waals surface area contributed by atoms with Crippen LogP contribution in [0.25, 0.3) is 0 Å². The van der Waals surface area contributed by atoms with Crippen LogP contribution in [0.1, 0.15) is 20.3 Å². The predicted molar refractivity (Wildman–Crippen MR) is 72.3 cm³/mol. The summed E-state index contributed by atoms with van der Waals surface area (Å²) in [5, 5.41) is 13.7. The summed E-state index contributed by atoms with van der Waals surface area (Å²) in [6.45, 7) is 8.00. The number of hydrogen-bond donors (Lipinski definition) is 3. The molecule has 0 spiro atoms. The van der Waals surface area contributed by atoms with Crippen LogP contribution in [-0.2, 0) is 9.53 Å². The Bertz CT molecular complexity index is 257. The minimum Gasteiger partial charge on any atom is -0.480 e. The summed E-state index contributed by atoms with van der Waals surface area (Å²) in [5.41, 5.74) is 0. The summed E-state index contributed by atoms with van der Waals surface area (Å²) in [6, 6.07) is -0.251. The third-order valence-corrected chi connectivity index (χ3v) is 2.59. The molecular formula is C12H25N3O4. The second kappa shape index (κ2) is 11.7. The van der Waals surface area contributed by atoms with Crippen molar-refractivity contribution in [2.24, 2.45) is 0 Å². The molecule has 3 N–H and O–H groups in total. The Morgan fingerprint density at radius 2 is 1.79 bits per heavy atom. The number of nitrogens with zero attached hydrogens (tertiary/aromatic N) is 1. The van der Waals surface area contributed by atoms with Gasteiger partial charge in [0.15, 0.2) is 0 Å². The molecule has 0 aliphatic rings. The Morgan fingerprint density at radius 3 is 2.37 bits per heavy atom. The molecule has 2 amide bonds. The first-order valence-corrected chi connectivity index (χ1v) is 6.63. The molecule has 0 rings (SSSR count). The number of carboxylic acids is 1. The van der Waals surface area contributed by atoms with E-state index in [-0.39, 0.29) is 19.2 Å². The molecule has 0 aromatic rings. The Hall–Kier alpha value is -1.34. The van der Waals surface area contributed by atoms with Crippen molar-refractivity contribution >= 4 is 12.0 Å². The maximum atomic E-state index is 11.3. The SMILES string of the molecule is CCN(CC)CCCNC(=O)NCCOCC(=O)O. The smallest absolute Gasteiger partial charge is 0.329 e. The molecule has 0 bridgehead atoms. The number of amides is 2. The number of hydrogen-bond acceptors (Lipinski definition) is 4. The van der Waals surface area contributed by atoms with E-state index in [4.69, 9.17) is 9.84 Å². The lowest BCUT2D eigenvalue weighted by molar-refractivity contribution is -0.142. The number of carbonyl (C=O) groups is 2. The van der Waals surface area contributed by atoms with Gasteiger partial charge in [-0.25, -0.2) is 9.59 Å². The van der Waals surface area contributed by atoms with E-state index >= 15 is 0 Å². The number of aliphatic carboxylic acids is 1. The van der Waals surface area contributed by atoms with Gasteiger partial charge in [0.2, 0.25) is 0 Å². The van der Waals surface area contributed by atoms with Crippen LogP contribution in [0, 0.1) is 0 Å². The van der Waals surface area contributed by atoms with Crippen LogP contribution in [0.15, 0.2) is 0 Å². The predicted octanol–water partition coefficient (Wildman–Crippen LogP) is 0.119. The van der Waals surface area contributed by atoms with Gasteiger partial charge >= 0.3 is 12.0 Å². The number of urea groups is 1. The van der Waals surface area contributed by atoms with Crippen molar-refractivity contribution < 1.29 is 19.4 Å². The van der Waals surface area contributed by atoms with Crippen LogP contribution in [0.5, 0.6) is 0 Å². The van der Waals surface area contributed by atoms with Crippen LogP contribution in [0.3, 0.4) is 0 Å². The molecule has 0 saturated carbocycles. The highest BCUT2D eigenvalue weighted by molar-refractivity contribution is 5.73. The van der Waals surface area contributed by atoms with Gasteiger partial charge in [0, 0.05) is 13.1 Å². The van der Waals surface area contributed by atoms with Gasteiger partial charge in [0.25, 0.3) is 0 Å². The maximum Gasteiger partial charge on any atom is 0.329 e. The zero-order valence-corrected chi connectivity index (χ0v) is 11.8. The van der Waals surface area contributed by atoms with E-state index in [1.165, 1.54) is 0 Å². The third kappa shape index (κ3) is 11.5. The molecule has 0 aromatic carbocycles. The molecule has 0 aromatic heterocycles. The summed E-state index contributed by atoms with van der Waals surface area (Å²) in [5.74, 6) is -1.01. The lowest BCUT2D eigenvalue weighted by Crippen LogP contribution is -2.38. The quantitative estimate of drug-likeness (QED) is 0.466.